The summed E-state index contributed by atoms with van der Waals surface area (Å²) in [6, 6.07) is 0. The van der Waals surface area contributed by atoms with Gasteiger partial charge in [-0.3, -0.25) is 0 Å². The highest BCUT2D eigenvalue weighted by molar-refractivity contribution is 6.21. The van der Waals surface area contributed by atoms with Crippen LogP contribution in [0.4, 0.5) is 0 Å². The molecule has 0 N–H and O–H groups in total. The van der Waals surface area contributed by atoms with Crippen molar-refractivity contribution in [1.82, 2.24) is 0 Å². The lowest BCUT2D eigenvalue weighted by molar-refractivity contribution is -0.0903. The first-order valence-corrected chi connectivity index (χ1v) is 6.68. The van der Waals surface area contributed by atoms with E-state index in [1.54, 1.807) is 0 Å². The van der Waals surface area contributed by atoms with E-state index < -0.39 is 0 Å². The molecule has 2 aliphatic carbocycles. The molecular weight excluding hydrogens is 208 g/mol. The molecule has 0 amide bonds. The van der Waals surface area contributed by atoms with Crippen LogP contribution in [0.25, 0.3) is 0 Å². The van der Waals surface area contributed by atoms with Gasteiger partial charge < -0.3 is 4.74 Å². The zero-order valence-corrected chi connectivity index (χ0v) is 10.9. The van der Waals surface area contributed by atoms with Crippen LogP contribution < -0.4 is 0 Å². The van der Waals surface area contributed by atoms with Crippen molar-refractivity contribution in [2.24, 2.45) is 11.3 Å². The second kappa shape index (κ2) is 4.25. The quantitative estimate of drug-likeness (QED) is 0.652. The summed E-state index contributed by atoms with van der Waals surface area (Å²) in [5, 5.41) is 0.379. The minimum Gasteiger partial charge on any atom is -0.375 e. The van der Waals surface area contributed by atoms with Crippen molar-refractivity contribution in [2.75, 3.05) is 0 Å². The lowest BCUT2D eigenvalue weighted by Gasteiger charge is -2.42. The van der Waals surface area contributed by atoms with E-state index in [4.69, 9.17) is 16.3 Å². The fraction of sp³-hybridized carbons (Fsp3) is 1.00. The van der Waals surface area contributed by atoms with Crippen LogP contribution in [0.15, 0.2) is 0 Å². The zero-order chi connectivity index (χ0) is 11.1. The van der Waals surface area contributed by atoms with Gasteiger partial charge in [0.2, 0.25) is 0 Å². The number of hydrogen-bond acceptors (Lipinski definition) is 1. The molecule has 2 unspecified atom stereocenters. The molecule has 0 aliphatic heterocycles. The molecule has 2 saturated carbocycles. The van der Waals surface area contributed by atoms with Crippen molar-refractivity contribution in [3.05, 3.63) is 0 Å². The average molecular weight is 231 g/mol. The van der Waals surface area contributed by atoms with Crippen LogP contribution in [0.2, 0.25) is 0 Å². The van der Waals surface area contributed by atoms with Gasteiger partial charge >= 0.3 is 0 Å². The van der Waals surface area contributed by atoms with Crippen LogP contribution in [0.1, 0.15) is 52.9 Å². The van der Waals surface area contributed by atoms with Crippen molar-refractivity contribution >= 4 is 11.6 Å². The maximum atomic E-state index is 6.12. The minimum absolute atomic E-state index is 0.379. The van der Waals surface area contributed by atoms with Crippen molar-refractivity contribution in [1.29, 1.82) is 0 Å². The molecule has 0 aromatic heterocycles. The third kappa shape index (κ3) is 3.10. The lowest BCUT2D eigenvalue weighted by Crippen LogP contribution is -2.40. The summed E-state index contributed by atoms with van der Waals surface area (Å²) >= 11 is 5.97. The predicted molar refractivity (Wildman–Crippen MR) is 64.3 cm³/mol. The fourth-order valence-electron chi connectivity index (χ4n) is 3.25. The summed E-state index contributed by atoms with van der Waals surface area (Å²) in [4.78, 5) is 0. The Morgan fingerprint density at radius 2 is 1.73 bits per heavy atom. The van der Waals surface area contributed by atoms with Gasteiger partial charge in [0.15, 0.2) is 0 Å². The van der Waals surface area contributed by atoms with Crippen LogP contribution in [0.3, 0.4) is 0 Å². The molecule has 1 nitrogen and oxygen atoms in total. The Morgan fingerprint density at radius 1 is 1.07 bits per heavy atom. The Labute approximate surface area is 98.5 Å². The maximum Gasteiger partial charge on any atom is 0.0607 e. The van der Waals surface area contributed by atoms with Crippen LogP contribution in [-0.2, 0) is 4.74 Å². The van der Waals surface area contributed by atoms with E-state index in [9.17, 15) is 0 Å². The van der Waals surface area contributed by atoms with Gasteiger partial charge in [0.05, 0.1) is 12.2 Å². The van der Waals surface area contributed by atoms with Gasteiger partial charge in [-0.1, -0.05) is 20.8 Å². The highest BCUT2D eigenvalue weighted by Crippen LogP contribution is 2.41. The Morgan fingerprint density at radius 3 is 2.27 bits per heavy atom. The summed E-state index contributed by atoms with van der Waals surface area (Å²) in [7, 11) is 0. The van der Waals surface area contributed by atoms with Gasteiger partial charge in [-0.05, 0) is 43.4 Å². The monoisotopic (exact) mass is 230 g/mol. The molecule has 0 bridgehead atoms. The third-order valence-electron chi connectivity index (χ3n) is 3.77. The summed E-state index contributed by atoms with van der Waals surface area (Å²) in [5.74, 6) is 0.811. The zero-order valence-electron chi connectivity index (χ0n) is 10.1. The predicted octanol–water partition coefficient (Wildman–Crippen LogP) is 3.99. The molecule has 15 heavy (non-hydrogen) atoms. The highest BCUT2D eigenvalue weighted by atomic mass is 35.5. The normalized spacial score (nSPS) is 44.8. The molecule has 2 atom stereocenters. The smallest absolute Gasteiger partial charge is 0.0607 e. The standard InChI is InChI=1S/C13H23ClO/c1-9-4-12(8-13(2,3)7-9)15-11-5-10(14)6-11/h9-12H,4-8H2,1-3H3. The van der Waals surface area contributed by atoms with Crippen LogP contribution >= 0.6 is 11.6 Å². The molecule has 0 aromatic rings. The largest absolute Gasteiger partial charge is 0.375 e. The van der Waals surface area contributed by atoms with E-state index in [1.807, 2.05) is 0 Å². The molecular formula is C13H23ClO. The van der Waals surface area contributed by atoms with E-state index in [-0.39, 0.29) is 0 Å². The van der Waals surface area contributed by atoms with Gasteiger partial charge in [0.1, 0.15) is 0 Å². The van der Waals surface area contributed by atoms with Gasteiger partial charge in [-0.2, -0.15) is 0 Å². The first-order valence-electron chi connectivity index (χ1n) is 6.24. The highest BCUT2D eigenvalue weighted by Gasteiger charge is 2.36. The molecule has 88 valence electrons. The van der Waals surface area contributed by atoms with E-state index in [0.717, 1.165) is 18.8 Å². The molecule has 2 rings (SSSR count). The third-order valence-corrected chi connectivity index (χ3v) is 4.13. The number of ether oxygens (including phenoxy) is 1. The van der Waals surface area contributed by atoms with Crippen LogP contribution in [0.5, 0.6) is 0 Å². The Bertz CT molecular complexity index is 221. The first kappa shape index (κ1) is 11.7. The van der Waals surface area contributed by atoms with Crippen LogP contribution in [0, 0.1) is 11.3 Å². The molecule has 0 aromatic carbocycles. The number of hydrogen-bond donors (Lipinski definition) is 0. The number of halogens is 1. The first-order chi connectivity index (χ1) is 6.94. The maximum absolute atomic E-state index is 6.12. The van der Waals surface area contributed by atoms with Gasteiger partial charge in [-0.15, -0.1) is 11.6 Å². The summed E-state index contributed by atoms with van der Waals surface area (Å²) in [6.45, 7) is 7.08. The van der Waals surface area contributed by atoms with Crippen molar-refractivity contribution < 1.29 is 4.74 Å². The minimum atomic E-state index is 0.379. The topological polar surface area (TPSA) is 9.23 Å². The Kier molecular flexibility index (Phi) is 3.33. The fourth-order valence-corrected chi connectivity index (χ4v) is 3.64. The van der Waals surface area contributed by atoms with Crippen molar-refractivity contribution in [2.45, 2.75) is 70.5 Å². The van der Waals surface area contributed by atoms with Gasteiger partial charge in [0.25, 0.3) is 0 Å². The summed E-state index contributed by atoms with van der Waals surface area (Å²) < 4.78 is 6.12. The summed E-state index contributed by atoms with van der Waals surface area (Å²) in [6.07, 6.45) is 6.87. The van der Waals surface area contributed by atoms with Crippen LogP contribution in [-0.4, -0.2) is 17.6 Å². The molecule has 2 aliphatic rings. The van der Waals surface area contributed by atoms with E-state index in [2.05, 4.69) is 20.8 Å². The lowest BCUT2D eigenvalue weighted by atomic mass is 9.71. The molecule has 0 spiro atoms. The second-order valence-corrected chi connectivity index (χ2v) is 6.98. The van der Waals surface area contributed by atoms with Crippen molar-refractivity contribution in [3.63, 3.8) is 0 Å². The van der Waals surface area contributed by atoms with E-state index >= 15 is 0 Å². The average Bonchev–Trinajstić information content (AvgIpc) is 1.96. The number of rotatable bonds is 2. The molecule has 0 heterocycles. The SMILES string of the molecule is CC1CC(OC2CC(Cl)C2)CC(C)(C)C1. The molecule has 2 fully saturated rings. The Balaban J connectivity index is 1.81. The molecule has 2 heteroatoms. The van der Waals surface area contributed by atoms with E-state index in [0.29, 0.717) is 23.0 Å². The van der Waals surface area contributed by atoms with Gasteiger partial charge in [0, 0.05) is 5.38 Å². The summed E-state index contributed by atoms with van der Waals surface area (Å²) in [5.41, 5.74) is 0.465. The second-order valence-electron chi connectivity index (χ2n) is 6.36. The number of alkyl halides is 1. The van der Waals surface area contributed by atoms with Crippen molar-refractivity contribution in [3.8, 4) is 0 Å². The molecule has 0 radical (unpaired) electrons. The molecule has 0 saturated heterocycles. The van der Waals surface area contributed by atoms with Gasteiger partial charge in [-0.25, -0.2) is 0 Å². The Hall–Kier alpha value is 0.250. The van der Waals surface area contributed by atoms with E-state index in [1.165, 1.54) is 19.3 Å².